The minimum absolute atomic E-state index is 0.0564. The van der Waals surface area contributed by atoms with Gasteiger partial charge < -0.3 is 16.0 Å². The van der Waals surface area contributed by atoms with Crippen LogP contribution in [0.3, 0.4) is 0 Å². The Bertz CT molecular complexity index is 846. The number of carbonyl (C=O) groups excluding carboxylic acids is 2. The zero-order chi connectivity index (χ0) is 19.4. The fourth-order valence-electron chi connectivity index (χ4n) is 3.04. The monoisotopic (exact) mass is 366 g/mol. The number of nitrogens with one attached hydrogen (secondary N) is 3. The van der Waals surface area contributed by atoms with Crippen LogP contribution >= 0.6 is 0 Å². The molecule has 1 unspecified atom stereocenters. The van der Waals surface area contributed by atoms with Gasteiger partial charge in [-0.05, 0) is 61.9 Å². The first kappa shape index (κ1) is 18.9. The highest BCUT2D eigenvalue weighted by molar-refractivity contribution is 5.94. The van der Waals surface area contributed by atoms with Gasteiger partial charge in [-0.1, -0.05) is 19.1 Å². The number of carbonyl (C=O) groups is 2. The lowest BCUT2D eigenvalue weighted by Gasteiger charge is -2.20. The average molecular weight is 366 g/mol. The van der Waals surface area contributed by atoms with Crippen molar-refractivity contribution in [2.24, 2.45) is 5.92 Å². The Morgan fingerprint density at radius 3 is 2.59 bits per heavy atom. The molecule has 1 aromatic heterocycles. The van der Waals surface area contributed by atoms with Gasteiger partial charge in [0.1, 0.15) is 0 Å². The van der Waals surface area contributed by atoms with Crippen molar-refractivity contribution in [1.29, 1.82) is 0 Å². The van der Waals surface area contributed by atoms with Gasteiger partial charge in [0.05, 0.1) is 11.7 Å². The molecule has 1 heterocycles. The Morgan fingerprint density at radius 2 is 1.93 bits per heavy atom. The predicted octanol–water partition coefficient (Wildman–Crippen LogP) is 4.32. The molecule has 6 heteroatoms. The number of rotatable bonds is 6. The van der Waals surface area contributed by atoms with Crippen molar-refractivity contribution in [1.82, 2.24) is 10.3 Å². The van der Waals surface area contributed by atoms with Crippen LogP contribution in [0.4, 0.5) is 16.2 Å². The second-order valence-corrected chi connectivity index (χ2v) is 7.05. The second-order valence-electron chi connectivity index (χ2n) is 7.05. The van der Waals surface area contributed by atoms with E-state index in [1.165, 1.54) is 0 Å². The number of aromatic nitrogens is 1. The summed E-state index contributed by atoms with van der Waals surface area (Å²) in [5.74, 6) is 0.376. The highest BCUT2D eigenvalue weighted by Crippen LogP contribution is 2.41. The summed E-state index contributed by atoms with van der Waals surface area (Å²) in [6.07, 6.45) is 4.36. The maximum Gasteiger partial charge on any atom is 0.319 e. The van der Waals surface area contributed by atoms with Gasteiger partial charge in [0.25, 0.3) is 0 Å². The lowest BCUT2D eigenvalue weighted by atomic mass is 10.0. The van der Waals surface area contributed by atoms with E-state index in [1.54, 1.807) is 19.2 Å². The average Bonchev–Trinajstić information content (AvgIpc) is 3.48. The van der Waals surface area contributed by atoms with Crippen LogP contribution in [0.25, 0.3) is 0 Å². The van der Waals surface area contributed by atoms with Crippen molar-refractivity contribution in [3.8, 4) is 0 Å². The van der Waals surface area contributed by atoms with E-state index in [9.17, 15) is 9.59 Å². The van der Waals surface area contributed by atoms with E-state index >= 15 is 0 Å². The first-order valence-corrected chi connectivity index (χ1v) is 9.37. The number of benzene rings is 1. The van der Waals surface area contributed by atoms with Crippen LogP contribution in [0, 0.1) is 19.8 Å². The fraction of sp³-hybridized carbons (Fsp3) is 0.381. The van der Waals surface area contributed by atoms with Crippen LogP contribution in [-0.2, 0) is 4.79 Å². The van der Waals surface area contributed by atoms with Gasteiger partial charge in [0.2, 0.25) is 5.91 Å². The molecule has 1 atom stereocenters. The molecule has 1 saturated carbocycles. The molecule has 0 radical (unpaired) electrons. The summed E-state index contributed by atoms with van der Waals surface area (Å²) in [6.45, 7) is 5.74. The Kier molecular flexibility index (Phi) is 5.74. The van der Waals surface area contributed by atoms with E-state index in [0.29, 0.717) is 23.7 Å². The Labute approximate surface area is 159 Å². The van der Waals surface area contributed by atoms with Gasteiger partial charge in [-0.3, -0.25) is 9.78 Å². The molecule has 3 N–H and O–H groups in total. The second kappa shape index (κ2) is 8.20. The van der Waals surface area contributed by atoms with Crippen LogP contribution in [0.15, 0.2) is 36.5 Å². The van der Waals surface area contributed by atoms with E-state index in [4.69, 9.17) is 0 Å². The standard InChI is InChI=1S/C21H26N4O2/c1-4-18(26)24-17-12-16(10-7-13(17)2)23-21(27)25-20(15-8-9-15)19-14(3)6-5-11-22-19/h5-7,10-12,15,20H,4,8-9H2,1-3H3,(H,24,26)(H2,23,25,27). The highest BCUT2D eigenvalue weighted by Gasteiger charge is 2.35. The summed E-state index contributed by atoms with van der Waals surface area (Å²) in [7, 11) is 0. The lowest BCUT2D eigenvalue weighted by Crippen LogP contribution is -2.34. The lowest BCUT2D eigenvalue weighted by molar-refractivity contribution is -0.115. The largest absolute Gasteiger partial charge is 0.329 e. The number of anilines is 2. The summed E-state index contributed by atoms with van der Waals surface area (Å²) in [5, 5.41) is 8.80. The SMILES string of the molecule is CCC(=O)Nc1cc(NC(=O)NC(c2ncccc2C)C2CC2)ccc1C. The molecule has 27 heavy (non-hydrogen) atoms. The minimum atomic E-state index is -0.270. The molecule has 3 rings (SSSR count). The molecule has 0 bridgehead atoms. The van der Waals surface area contributed by atoms with E-state index < -0.39 is 0 Å². The van der Waals surface area contributed by atoms with Gasteiger partial charge in [-0.15, -0.1) is 0 Å². The van der Waals surface area contributed by atoms with Gasteiger partial charge in [-0.2, -0.15) is 0 Å². The number of hydrogen-bond acceptors (Lipinski definition) is 3. The molecule has 1 aliphatic carbocycles. The molecule has 1 fully saturated rings. The van der Waals surface area contributed by atoms with E-state index in [-0.39, 0.29) is 18.0 Å². The maximum atomic E-state index is 12.6. The van der Waals surface area contributed by atoms with Gasteiger partial charge in [0, 0.05) is 24.0 Å². The van der Waals surface area contributed by atoms with Gasteiger partial charge in [0.15, 0.2) is 0 Å². The zero-order valence-electron chi connectivity index (χ0n) is 16.0. The van der Waals surface area contributed by atoms with Crippen molar-refractivity contribution in [2.45, 2.75) is 46.1 Å². The molecule has 142 valence electrons. The van der Waals surface area contributed by atoms with Crippen LogP contribution in [0.5, 0.6) is 0 Å². The quantitative estimate of drug-likeness (QED) is 0.712. The molecule has 1 aliphatic rings. The summed E-state index contributed by atoms with van der Waals surface area (Å²) < 4.78 is 0. The summed E-state index contributed by atoms with van der Waals surface area (Å²) in [5.41, 5.74) is 4.29. The number of urea groups is 1. The normalized spacial score (nSPS) is 14.3. The van der Waals surface area contributed by atoms with E-state index in [1.807, 2.05) is 38.1 Å². The van der Waals surface area contributed by atoms with Gasteiger partial charge >= 0.3 is 6.03 Å². The van der Waals surface area contributed by atoms with Crippen molar-refractivity contribution >= 4 is 23.3 Å². The molecular weight excluding hydrogens is 340 g/mol. The number of hydrogen-bond donors (Lipinski definition) is 3. The number of aryl methyl sites for hydroxylation is 2. The van der Waals surface area contributed by atoms with E-state index in [2.05, 4.69) is 20.9 Å². The predicted molar refractivity (Wildman–Crippen MR) is 107 cm³/mol. The molecule has 0 spiro atoms. The third-order valence-electron chi connectivity index (χ3n) is 4.82. The Morgan fingerprint density at radius 1 is 1.15 bits per heavy atom. The number of pyridine rings is 1. The summed E-state index contributed by atoms with van der Waals surface area (Å²) in [6, 6.07) is 9.04. The molecule has 0 aliphatic heterocycles. The molecule has 0 saturated heterocycles. The smallest absolute Gasteiger partial charge is 0.319 e. The zero-order valence-corrected chi connectivity index (χ0v) is 16.0. The summed E-state index contributed by atoms with van der Waals surface area (Å²) in [4.78, 5) is 28.7. The third kappa shape index (κ3) is 4.84. The Hall–Kier alpha value is -2.89. The topological polar surface area (TPSA) is 83.1 Å². The summed E-state index contributed by atoms with van der Waals surface area (Å²) >= 11 is 0. The van der Waals surface area contributed by atoms with Crippen molar-refractivity contribution in [3.05, 3.63) is 53.3 Å². The first-order valence-electron chi connectivity index (χ1n) is 9.37. The van der Waals surface area contributed by atoms with Crippen LogP contribution in [0.1, 0.15) is 49.0 Å². The molecule has 6 nitrogen and oxygen atoms in total. The highest BCUT2D eigenvalue weighted by atomic mass is 16.2. The molecule has 3 amide bonds. The van der Waals surface area contributed by atoms with E-state index in [0.717, 1.165) is 29.7 Å². The number of nitrogens with zero attached hydrogens (tertiary/aromatic N) is 1. The van der Waals surface area contributed by atoms with Crippen molar-refractivity contribution in [3.63, 3.8) is 0 Å². The third-order valence-corrected chi connectivity index (χ3v) is 4.82. The first-order chi connectivity index (χ1) is 13.0. The minimum Gasteiger partial charge on any atom is -0.329 e. The van der Waals surface area contributed by atoms with Crippen LogP contribution in [-0.4, -0.2) is 16.9 Å². The van der Waals surface area contributed by atoms with Crippen molar-refractivity contribution in [2.75, 3.05) is 10.6 Å². The van der Waals surface area contributed by atoms with Crippen LogP contribution < -0.4 is 16.0 Å². The van der Waals surface area contributed by atoms with Gasteiger partial charge in [-0.25, -0.2) is 4.79 Å². The molecule has 2 aromatic rings. The maximum absolute atomic E-state index is 12.6. The fourth-order valence-corrected chi connectivity index (χ4v) is 3.04. The van der Waals surface area contributed by atoms with Crippen molar-refractivity contribution < 1.29 is 9.59 Å². The molecule has 1 aromatic carbocycles. The Balaban J connectivity index is 1.70. The molecular formula is C21H26N4O2. The van der Waals surface area contributed by atoms with Crippen LogP contribution in [0.2, 0.25) is 0 Å². The number of amides is 3.